The van der Waals surface area contributed by atoms with Crippen LogP contribution in [-0.4, -0.2) is 30.6 Å². The van der Waals surface area contributed by atoms with Crippen LogP contribution in [0.3, 0.4) is 0 Å². The second kappa shape index (κ2) is 6.32. The maximum absolute atomic E-state index is 12.7. The SMILES string of the molecule is CCOC(=O)C1CCN(c2cncc(C(F)(F)F)c2)CC1. The number of hydrogen-bond donors (Lipinski definition) is 0. The highest BCUT2D eigenvalue weighted by Gasteiger charge is 2.32. The Morgan fingerprint density at radius 2 is 2.05 bits per heavy atom. The smallest absolute Gasteiger partial charge is 0.417 e. The van der Waals surface area contributed by atoms with E-state index < -0.39 is 11.7 Å². The van der Waals surface area contributed by atoms with Gasteiger partial charge in [0.15, 0.2) is 0 Å². The number of aromatic nitrogens is 1. The molecule has 0 atom stereocenters. The Labute approximate surface area is 120 Å². The van der Waals surface area contributed by atoms with Crippen LogP contribution in [0.15, 0.2) is 18.5 Å². The van der Waals surface area contributed by atoms with Crippen LogP contribution in [0.5, 0.6) is 0 Å². The summed E-state index contributed by atoms with van der Waals surface area (Å²) in [6.07, 6.45) is -1.01. The van der Waals surface area contributed by atoms with Crippen LogP contribution in [0.1, 0.15) is 25.3 Å². The molecule has 4 nitrogen and oxygen atoms in total. The minimum absolute atomic E-state index is 0.167. The zero-order chi connectivity index (χ0) is 15.5. The zero-order valence-corrected chi connectivity index (χ0v) is 11.7. The van der Waals surface area contributed by atoms with Gasteiger partial charge in [0.2, 0.25) is 0 Å². The van der Waals surface area contributed by atoms with E-state index >= 15 is 0 Å². The van der Waals surface area contributed by atoms with Crippen molar-refractivity contribution in [3.8, 4) is 0 Å². The molecule has 0 radical (unpaired) electrons. The molecule has 7 heteroatoms. The molecule has 1 aromatic heterocycles. The van der Waals surface area contributed by atoms with Crippen molar-refractivity contribution in [3.05, 3.63) is 24.0 Å². The second-order valence-corrected chi connectivity index (χ2v) is 4.94. The van der Waals surface area contributed by atoms with Gasteiger partial charge < -0.3 is 9.64 Å². The van der Waals surface area contributed by atoms with Gasteiger partial charge in [-0.25, -0.2) is 0 Å². The van der Waals surface area contributed by atoms with E-state index in [1.165, 1.54) is 6.20 Å². The maximum atomic E-state index is 12.7. The molecule has 0 saturated carbocycles. The third-order valence-corrected chi connectivity index (χ3v) is 3.53. The maximum Gasteiger partial charge on any atom is 0.417 e. The number of esters is 1. The van der Waals surface area contributed by atoms with Crippen LogP contribution in [0, 0.1) is 5.92 Å². The lowest BCUT2D eigenvalue weighted by Crippen LogP contribution is -2.37. The van der Waals surface area contributed by atoms with Crippen molar-refractivity contribution in [1.29, 1.82) is 0 Å². The van der Waals surface area contributed by atoms with Crippen LogP contribution in [0.25, 0.3) is 0 Å². The van der Waals surface area contributed by atoms with Crippen LogP contribution in [0.4, 0.5) is 18.9 Å². The molecule has 0 aromatic carbocycles. The summed E-state index contributed by atoms with van der Waals surface area (Å²) >= 11 is 0. The van der Waals surface area contributed by atoms with E-state index in [1.807, 2.05) is 4.90 Å². The molecule has 2 heterocycles. The number of ether oxygens (including phenoxy) is 1. The van der Waals surface area contributed by atoms with E-state index in [-0.39, 0.29) is 11.9 Å². The molecule has 116 valence electrons. The van der Waals surface area contributed by atoms with Gasteiger partial charge in [0.05, 0.1) is 30.0 Å². The summed E-state index contributed by atoms with van der Waals surface area (Å²) in [5.41, 5.74) is -0.320. The lowest BCUT2D eigenvalue weighted by atomic mass is 9.96. The van der Waals surface area contributed by atoms with Crippen molar-refractivity contribution in [1.82, 2.24) is 4.98 Å². The van der Waals surface area contributed by atoms with Crippen LogP contribution < -0.4 is 4.90 Å². The number of piperidine rings is 1. The van der Waals surface area contributed by atoms with Crippen molar-refractivity contribution < 1.29 is 22.7 Å². The first-order valence-corrected chi connectivity index (χ1v) is 6.85. The summed E-state index contributed by atoms with van der Waals surface area (Å²) in [5.74, 6) is -0.390. The second-order valence-electron chi connectivity index (χ2n) is 4.94. The molecule has 0 spiro atoms. The Morgan fingerprint density at radius 1 is 1.38 bits per heavy atom. The molecule has 1 aliphatic heterocycles. The van der Waals surface area contributed by atoms with Gasteiger partial charge in [-0.2, -0.15) is 13.2 Å². The topological polar surface area (TPSA) is 42.4 Å². The number of rotatable bonds is 3. The van der Waals surface area contributed by atoms with Crippen LogP contribution >= 0.6 is 0 Å². The van der Waals surface area contributed by atoms with Gasteiger partial charge in [0.1, 0.15) is 0 Å². The summed E-state index contributed by atoms with van der Waals surface area (Å²) in [5, 5.41) is 0. The normalized spacial score (nSPS) is 16.9. The Hall–Kier alpha value is -1.79. The molecule has 1 aliphatic rings. The standard InChI is InChI=1S/C14H17F3N2O2/c1-2-21-13(20)10-3-5-19(6-4-10)12-7-11(8-18-9-12)14(15,16)17/h7-10H,2-6H2,1H3. The Balaban J connectivity index is 2.01. The van der Waals surface area contributed by atoms with Crippen molar-refractivity contribution in [3.63, 3.8) is 0 Å². The van der Waals surface area contributed by atoms with E-state index in [0.717, 1.165) is 12.3 Å². The molecule has 1 saturated heterocycles. The summed E-state index contributed by atoms with van der Waals surface area (Å²) in [6.45, 7) is 3.14. The highest BCUT2D eigenvalue weighted by molar-refractivity contribution is 5.72. The minimum Gasteiger partial charge on any atom is -0.466 e. The highest BCUT2D eigenvalue weighted by atomic mass is 19.4. The van der Waals surface area contributed by atoms with Crippen molar-refractivity contribution in [2.45, 2.75) is 25.9 Å². The lowest BCUT2D eigenvalue weighted by Gasteiger charge is -2.32. The van der Waals surface area contributed by atoms with E-state index in [0.29, 0.717) is 38.2 Å². The van der Waals surface area contributed by atoms with Gasteiger partial charge in [-0.05, 0) is 25.8 Å². The van der Waals surface area contributed by atoms with Crippen LogP contribution in [-0.2, 0) is 15.7 Å². The molecule has 0 N–H and O–H groups in total. The van der Waals surface area contributed by atoms with Crippen molar-refractivity contribution in [2.75, 3.05) is 24.6 Å². The predicted octanol–water partition coefficient (Wildman–Crippen LogP) is 2.88. The third kappa shape index (κ3) is 3.86. The minimum atomic E-state index is -4.40. The summed E-state index contributed by atoms with van der Waals surface area (Å²) in [7, 11) is 0. The van der Waals surface area contributed by atoms with Gasteiger partial charge in [0.25, 0.3) is 0 Å². The number of nitrogens with zero attached hydrogens (tertiary/aromatic N) is 2. The van der Waals surface area contributed by atoms with E-state index in [2.05, 4.69) is 4.98 Å². The quantitative estimate of drug-likeness (QED) is 0.805. The molecule has 0 amide bonds. The third-order valence-electron chi connectivity index (χ3n) is 3.53. The van der Waals surface area contributed by atoms with Crippen molar-refractivity contribution in [2.24, 2.45) is 5.92 Å². The molecule has 1 aromatic rings. The van der Waals surface area contributed by atoms with Gasteiger partial charge in [0, 0.05) is 19.3 Å². The van der Waals surface area contributed by atoms with E-state index in [1.54, 1.807) is 6.92 Å². The molecule has 1 fully saturated rings. The number of carbonyl (C=O) groups is 1. The van der Waals surface area contributed by atoms with Gasteiger partial charge in [-0.1, -0.05) is 0 Å². The molecule has 21 heavy (non-hydrogen) atoms. The zero-order valence-electron chi connectivity index (χ0n) is 11.7. The number of halogens is 3. The number of pyridine rings is 1. The fourth-order valence-corrected chi connectivity index (χ4v) is 2.39. The van der Waals surface area contributed by atoms with Crippen molar-refractivity contribution >= 4 is 11.7 Å². The predicted molar refractivity (Wildman–Crippen MR) is 70.8 cm³/mol. The Bertz CT molecular complexity index is 497. The molecule has 0 aliphatic carbocycles. The van der Waals surface area contributed by atoms with Gasteiger partial charge in [-0.15, -0.1) is 0 Å². The lowest BCUT2D eigenvalue weighted by molar-refractivity contribution is -0.148. The largest absolute Gasteiger partial charge is 0.466 e. The number of carbonyl (C=O) groups excluding carboxylic acids is 1. The monoisotopic (exact) mass is 302 g/mol. The first-order chi connectivity index (χ1) is 9.91. The summed E-state index contributed by atoms with van der Waals surface area (Å²) in [6, 6.07) is 1.09. The number of hydrogen-bond acceptors (Lipinski definition) is 4. The van der Waals surface area contributed by atoms with E-state index in [4.69, 9.17) is 4.74 Å². The number of anilines is 1. The average molecular weight is 302 g/mol. The molecular formula is C14H17F3N2O2. The number of alkyl halides is 3. The summed E-state index contributed by atoms with van der Waals surface area (Å²) < 4.78 is 43.0. The molecular weight excluding hydrogens is 285 g/mol. The Morgan fingerprint density at radius 3 is 2.62 bits per heavy atom. The molecule has 2 rings (SSSR count). The Kier molecular flexibility index (Phi) is 4.69. The fourth-order valence-electron chi connectivity index (χ4n) is 2.39. The summed E-state index contributed by atoms with van der Waals surface area (Å²) in [4.78, 5) is 17.1. The first kappa shape index (κ1) is 15.6. The highest BCUT2D eigenvalue weighted by Crippen LogP contribution is 2.32. The first-order valence-electron chi connectivity index (χ1n) is 6.85. The van der Waals surface area contributed by atoms with E-state index in [9.17, 15) is 18.0 Å². The van der Waals surface area contributed by atoms with Gasteiger partial charge in [-0.3, -0.25) is 9.78 Å². The molecule has 0 unspecified atom stereocenters. The van der Waals surface area contributed by atoms with Gasteiger partial charge >= 0.3 is 12.1 Å². The molecule has 0 bridgehead atoms. The van der Waals surface area contributed by atoms with Crippen LogP contribution in [0.2, 0.25) is 0 Å². The fraction of sp³-hybridized carbons (Fsp3) is 0.571. The average Bonchev–Trinajstić information content (AvgIpc) is 2.47.